The first-order valence-electron chi connectivity index (χ1n) is 9.29. The Hall–Kier alpha value is -2.05. The van der Waals surface area contributed by atoms with Gasteiger partial charge in [0.1, 0.15) is 6.10 Å². The number of carbonyl (C=O) groups is 2. The van der Waals surface area contributed by atoms with Gasteiger partial charge in [0.15, 0.2) is 5.82 Å². The molecule has 2 aliphatic carbocycles. The number of hydrogen-bond acceptors (Lipinski definition) is 4. The number of carbonyl (C=O) groups excluding carboxylic acids is 2. The number of rotatable bonds is 6. The van der Waals surface area contributed by atoms with Crippen molar-refractivity contribution in [3.8, 4) is 0 Å². The van der Waals surface area contributed by atoms with Crippen molar-refractivity contribution < 1.29 is 14.3 Å². The van der Waals surface area contributed by atoms with Gasteiger partial charge in [0, 0.05) is 29.6 Å². The summed E-state index contributed by atoms with van der Waals surface area (Å²) < 4.78 is 5.50. The number of aromatic nitrogens is 2. The predicted octanol–water partition coefficient (Wildman–Crippen LogP) is 3.17. The van der Waals surface area contributed by atoms with Crippen LogP contribution in [0.1, 0.15) is 64.5 Å². The summed E-state index contributed by atoms with van der Waals surface area (Å²) in [5.74, 6) is 1.53. The van der Waals surface area contributed by atoms with Gasteiger partial charge in [-0.15, -0.1) is 0 Å². The summed E-state index contributed by atoms with van der Waals surface area (Å²) in [6, 6.07) is 2.02. The van der Waals surface area contributed by atoms with E-state index in [0.717, 1.165) is 37.8 Å². The van der Waals surface area contributed by atoms with Crippen molar-refractivity contribution in [3.63, 3.8) is 0 Å². The van der Waals surface area contributed by atoms with Crippen LogP contribution in [0.15, 0.2) is 6.07 Å². The topological polar surface area (TPSA) is 96.1 Å². The van der Waals surface area contributed by atoms with E-state index in [2.05, 4.69) is 27.8 Å². The monoisotopic (exact) mass is 348 g/mol. The fraction of sp³-hybridized carbons (Fsp3) is 0.722. The maximum atomic E-state index is 12.0. The summed E-state index contributed by atoms with van der Waals surface area (Å²) in [5.41, 5.74) is 0.993. The van der Waals surface area contributed by atoms with Gasteiger partial charge in [-0.05, 0) is 44.9 Å². The molecular formula is C18H28N4O3. The Morgan fingerprint density at radius 1 is 1.40 bits per heavy atom. The molecule has 0 unspecified atom stereocenters. The summed E-state index contributed by atoms with van der Waals surface area (Å²) in [4.78, 5) is 23.8. The molecule has 2 aliphatic rings. The van der Waals surface area contributed by atoms with Crippen molar-refractivity contribution in [2.24, 2.45) is 11.8 Å². The summed E-state index contributed by atoms with van der Waals surface area (Å²) in [6.45, 7) is 6.06. The van der Waals surface area contributed by atoms with Gasteiger partial charge in [0.25, 0.3) is 0 Å². The SMILES string of the molecule is CC[C@H](C)NC(=O)O[C@@H]1CC[C@H](c2cc(NC(=O)[C@@H]3C[C@H]3C)n[nH]2)C1. The van der Waals surface area contributed by atoms with Gasteiger partial charge >= 0.3 is 6.09 Å². The fourth-order valence-electron chi connectivity index (χ4n) is 3.33. The average Bonchev–Trinajstić information content (AvgIpc) is 2.97. The molecule has 1 aromatic rings. The summed E-state index contributed by atoms with van der Waals surface area (Å²) in [7, 11) is 0. The van der Waals surface area contributed by atoms with E-state index < -0.39 is 0 Å². The number of amides is 2. The largest absolute Gasteiger partial charge is 0.446 e. The molecule has 0 aliphatic heterocycles. The van der Waals surface area contributed by atoms with Crippen molar-refractivity contribution in [1.82, 2.24) is 15.5 Å². The van der Waals surface area contributed by atoms with E-state index in [1.165, 1.54) is 0 Å². The molecule has 0 spiro atoms. The zero-order valence-electron chi connectivity index (χ0n) is 15.2. The minimum absolute atomic E-state index is 0.0555. The van der Waals surface area contributed by atoms with E-state index in [0.29, 0.717) is 11.7 Å². The Bertz CT molecular complexity index is 630. The van der Waals surface area contributed by atoms with Crippen LogP contribution in [0.2, 0.25) is 0 Å². The second-order valence-electron chi connectivity index (χ2n) is 7.51. The third-order valence-corrected chi connectivity index (χ3v) is 5.37. The average molecular weight is 348 g/mol. The number of alkyl carbamates (subject to hydrolysis) is 1. The van der Waals surface area contributed by atoms with Crippen molar-refractivity contribution in [3.05, 3.63) is 11.8 Å². The van der Waals surface area contributed by atoms with Crippen LogP contribution in [-0.2, 0) is 9.53 Å². The first-order chi connectivity index (χ1) is 12.0. The molecular weight excluding hydrogens is 320 g/mol. The lowest BCUT2D eigenvalue weighted by molar-refractivity contribution is -0.117. The molecule has 2 saturated carbocycles. The molecule has 0 aromatic carbocycles. The lowest BCUT2D eigenvalue weighted by Crippen LogP contribution is -2.34. The van der Waals surface area contributed by atoms with E-state index in [1.807, 2.05) is 19.9 Å². The molecule has 3 rings (SSSR count). The number of nitrogens with one attached hydrogen (secondary N) is 3. The lowest BCUT2D eigenvalue weighted by Gasteiger charge is -2.16. The predicted molar refractivity (Wildman–Crippen MR) is 94.2 cm³/mol. The van der Waals surface area contributed by atoms with Gasteiger partial charge in [-0.1, -0.05) is 13.8 Å². The molecule has 0 bridgehead atoms. The maximum Gasteiger partial charge on any atom is 0.407 e. The summed E-state index contributed by atoms with van der Waals surface area (Å²) in [6.07, 6.45) is 4.01. The third-order valence-electron chi connectivity index (χ3n) is 5.37. The molecule has 2 fully saturated rings. The molecule has 7 heteroatoms. The molecule has 2 amide bonds. The van der Waals surface area contributed by atoms with Crippen LogP contribution >= 0.6 is 0 Å². The van der Waals surface area contributed by atoms with Crippen LogP contribution in [0.25, 0.3) is 0 Å². The highest BCUT2D eigenvalue weighted by Crippen LogP contribution is 2.39. The zero-order valence-corrected chi connectivity index (χ0v) is 15.2. The van der Waals surface area contributed by atoms with Crippen LogP contribution in [0.5, 0.6) is 0 Å². The van der Waals surface area contributed by atoms with Gasteiger partial charge in [0.05, 0.1) is 0 Å². The summed E-state index contributed by atoms with van der Waals surface area (Å²) >= 11 is 0. The highest BCUT2D eigenvalue weighted by molar-refractivity contribution is 5.93. The highest BCUT2D eigenvalue weighted by atomic mass is 16.6. The minimum Gasteiger partial charge on any atom is -0.446 e. The third kappa shape index (κ3) is 4.52. The van der Waals surface area contributed by atoms with E-state index in [9.17, 15) is 9.59 Å². The molecule has 7 nitrogen and oxygen atoms in total. The van der Waals surface area contributed by atoms with Crippen molar-refractivity contribution >= 4 is 17.8 Å². The molecule has 1 heterocycles. The molecule has 0 saturated heterocycles. The molecule has 5 atom stereocenters. The van der Waals surface area contributed by atoms with E-state index >= 15 is 0 Å². The highest BCUT2D eigenvalue weighted by Gasteiger charge is 2.39. The normalized spacial score (nSPS) is 29.1. The Kier molecular flexibility index (Phi) is 5.30. The number of H-pyrrole nitrogens is 1. The number of hydrogen-bond donors (Lipinski definition) is 3. The van der Waals surface area contributed by atoms with Crippen LogP contribution in [0.4, 0.5) is 10.6 Å². The van der Waals surface area contributed by atoms with Gasteiger partial charge in [-0.2, -0.15) is 5.10 Å². The zero-order chi connectivity index (χ0) is 18.0. The second-order valence-corrected chi connectivity index (χ2v) is 7.51. The fourth-order valence-corrected chi connectivity index (χ4v) is 3.33. The first-order valence-corrected chi connectivity index (χ1v) is 9.29. The maximum absolute atomic E-state index is 12.0. The Morgan fingerprint density at radius 2 is 2.16 bits per heavy atom. The summed E-state index contributed by atoms with van der Waals surface area (Å²) in [5, 5.41) is 12.9. The van der Waals surface area contributed by atoms with Gasteiger partial charge in [0.2, 0.25) is 5.91 Å². The van der Waals surface area contributed by atoms with Crippen molar-refractivity contribution in [1.29, 1.82) is 0 Å². The molecule has 3 N–H and O–H groups in total. The Labute approximate surface area is 148 Å². The van der Waals surface area contributed by atoms with E-state index in [1.54, 1.807) is 0 Å². The molecule has 0 radical (unpaired) electrons. The minimum atomic E-state index is -0.337. The Morgan fingerprint density at radius 3 is 2.84 bits per heavy atom. The number of aromatic amines is 1. The van der Waals surface area contributed by atoms with Gasteiger partial charge < -0.3 is 15.4 Å². The van der Waals surface area contributed by atoms with Gasteiger partial charge in [-0.25, -0.2) is 4.79 Å². The smallest absolute Gasteiger partial charge is 0.407 e. The standard InChI is InChI=1S/C18H28N4O3/c1-4-11(3)19-18(24)25-13-6-5-12(8-13)15-9-16(22-21-15)20-17(23)14-7-10(14)2/h9-14H,4-8H2,1-3H3,(H,19,24)(H2,20,21,22,23)/t10-,11+,12+,13-,14-/m1/s1. The van der Waals surface area contributed by atoms with Crippen LogP contribution in [0.3, 0.4) is 0 Å². The first kappa shape index (κ1) is 17.8. The lowest BCUT2D eigenvalue weighted by atomic mass is 10.0. The van der Waals surface area contributed by atoms with Crippen LogP contribution in [-0.4, -0.2) is 34.3 Å². The van der Waals surface area contributed by atoms with Crippen molar-refractivity contribution in [2.75, 3.05) is 5.32 Å². The van der Waals surface area contributed by atoms with E-state index in [-0.39, 0.29) is 36.0 Å². The quantitative estimate of drug-likeness (QED) is 0.736. The number of ether oxygens (including phenoxy) is 1. The van der Waals surface area contributed by atoms with Gasteiger partial charge in [-0.3, -0.25) is 9.89 Å². The molecule has 1 aromatic heterocycles. The van der Waals surface area contributed by atoms with E-state index in [4.69, 9.17) is 4.74 Å². The number of anilines is 1. The Balaban J connectivity index is 1.47. The molecule has 138 valence electrons. The van der Waals surface area contributed by atoms with Crippen molar-refractivity contribution in [2.45, 2.75) is 70.9 Å². The van der Waals surface area contributed by atoms with Crippen LogP contribution < -0.4 is 10.6 Å². The second kappa shape index (κ2) is 7.45. The number of nitrogens with zero attached hydrogens (tertiary/aromatic N) is 1. The van der Waals surface area contributed by atoms with Crippen LogP contribution in [0, 0.1) is 11.8 Å². The molecule has 25 heavy (non-hydrogen) atoms.